The number of benzene rings is 3. The van der Waals surface area contributed by atoms with Crippen molar-refractivity contribution in [2.24, 2.45) is 0 Å². The summed E-state index contributed by atoms with van der Waals surface area (Å²) in [6.45, 7) is 2.06. The lowest BCUT2D eigenvalue weighted by Crippen LogP contribution is -2.48. The van der Waals surface area contributed by atoms with Crippen molar-refractivity contribution in [3.8, 4) is 5.69 Å². The molecule has 2 aliphatic rings. The standard InChI is InChI=1S/C30H27BrN4O2/c1-20-8-10-21(11-9-20)29-27-7-4-18-33(27)25-5-2-3-6-26(25)35(29)28(36)19-34(24-16-17-24)30(37)32-23-14-12-22(31)13-15-23/h2-15,18,24,29H,16-17,19H2,1H3,(H,32,37)/t29-/m0/s1. The molecule has 1 aliphatic carbocycles. The number of fused-ring (bicyclic) bond motifs is 3. The van der Waals surface area contributed by atoms with Crippen molar-refractivity contribution in [1.29, 1.82) is 0 Å². The zero-order valence-corrected chi connectivity index (χ0v) is 22.1. The largest absolute Gasteiger partial charge is 0.322 e. The van der Waals surface area contributed by atoms with Crippen LogP contribution in [0.25, 0.3) is 5.69 Å². The Labute approximate surface area is 224 Å². The van der Waals surface area contributed by atoms with Crippen LogP contribution in [-0.2, 0) is 4.79 Å². The van der Waals surface area contributed by atoms with E-state index in [1.807, 2.05) is 65.7 Å². The fraction of sp³-hybridized carbons (Fsp3) is 0.200. The van der Waals surface area contributed by atoms with Crippen molar-refractivity contribution >= 4 is 39.2 Å². The summed E-state index contributed by atoms with van der Waals surface area (Å²) in [5.41, 5.74) is 5.71. The van der Waals surface area contributed by atoms with Crippen LogP contribution < -0.4 is 10.2 Å². The summed E-state index contributed by atoms with van der Waals surface area (Å²) in [7, 11) is 0. The van der Waals surface area contributed by atoms with Gasteiger partial charge in [-0.3, -0.25) is 9.69 Å². The number of para-hydroxylation sites is 2. The molecule has 4 aromatic rings. The van der Waals surface area contributed by atoms with E-state index < -0.39 is 0 Å². The second kappa shape index (κ2) is 9.56. The van der Waals surface area contributed by atoms with Gasteiger partial charge < -0.3 is 14.8 Å². The molecule has 37 heavy (non-hydrogen) atoms. The number of aryl methyl sites for hydroxylation is 1. The Bertz CT molecular complexity index is 1460. The molecule has 1 atom stereocenters. The summed E-state index contributed by atoms with van der Waals surface area (Å²) in [4.78, 5) is 31.1. The molecular formula is C30H27BrN4O2. The van der Waals surface area contributed by atoms with E-state index in [1.165, 1.54) is 0 Å². The molecule has 0 spiro atoms. The van der Waals surface area contributed by atoms with E-state index in [4.69, 9.17) is 0 Å². The molecule has 0 saturated heterocycles. The molecule has 2 heterocycles. The Hall–Kier alpha value is -3.84. The van der Waals surface area contributed by atoms with Gasteiger partial charge in [-0.1, -0.05) is 57.9 Å². The number of anilines is 2. The molecule has 3 aromatic carbocycles. The molecule has 0 bridgehead atoms. The van der Waals surface area contributed by atoms with Gasteiger partial charge in [0.05, 0.1) is 17.1 Å². The molecule has 7 heteroatoms. The second-order valence-electron chi connectivity index (χ2n) is 9.66. The molecule has 6 rings (SSSR count). The summed E-state index contributed by atoms with van der Waals surface area (Å²) in [6.07, 6.45) is 3.85. The quantitative estimate of drug-likeness (QED) is 0.299. The SMILES string of the molecule is Cc1ccc([C@H]2c3cccn3-c3ccccc3N2C(=O)CN(C(=O)Nc2ccc(Br)cc2)C2CC2)cc1. The normalized spacial score (nSPS) is 16.1. The zero-order valence-electron chi connectivity index (χ0n) is 20.5. The highest BCUT2D eigenvalue weighted by Crippen LogP contribution is 2.42. The maximum atomic E-state index is 14.2. The number of hydrogen-bond donors (Lipinski definition) is 1. The van der Waals surface area contributed by atoms with Gasteiger partial charge in [0.25, 0.3) is 0 Å². The highest BCUT2D eigenvalue weighted by molar-refractivity contribution is 9.10. The van der Waals surface area contributed by atoms with Crippen molar-refractivity contribution in [3.05, 3.63) is 112 Å². The van der Waals surface area contributed by atoms with E-state index in [-0.39, 0.29) is 30.6 Å². The van der Waals surface area contributed by atoms with Gasteiger partial charge in [0, 0.05) is 22.4 Å². The van der Waals surface area contributed by atoms with Crippen LogP contribution in [0.3, 0.4) is 0 Å². The third-order valence-electron chi connectivity index (χ3n) is 7.03. The minimum Gasteiger partial charge on any atom is -0.316 e. The molecule has 186 valence electrons. The van der Waals surface area contributed by atoms with Gasteiger partial charge in [-0.2, -0.15) is 0 Å². The van der Waals surface area contributed by atoms with Crippen LogP contribution in [0.5, 0.6) is 0 Å². The van der Waals surface area contributed by atoms with E-state index in [0.29, 0.717) is 5.69 Å². The number of nitrogens with one attached hydrogen (secondary N) is 1. The highest BCUT2D eigenvalue weighted by atomic mass is 79.9. The van der Waals surface area contributed by atoms with Crippen LogP contribution in [0.4, 0.5) is 16.2 Å². The monoisotopic (exact) mass is 554 g/mol. The summed E-state index contributed by atoms with van der Waals surface area (Å²) in [5, 5.41) is 2.97. The fourth-order valence-electron chi connectivity index (χ4n) is 5.03. The van der Waals surface area contributed by atoms with Crippen molar-refractivity contribution in [3.63, 3.8) is 0 Å². The predicted molar refractivity (Wildman–Crippen MR) is 149 cm³/mol. The average Bonchev–Trinajstić information content (AvgIpc) is 3.63. The number of aromatic nitrogens is 1. The van der Waals surface area contributed by atoms with E-state index in [1.54, 1.807) is 4.90 Å². The van der Waals surface area contributed by atoms with Gasteiger partial charge in [-0.05, 0) is 73.9 Å². The smallest absolute Gasteiger partial charge is 0.316 e. The number of carbonyl (C=O) groups is 2. The number of carbonyl (C=O) groups excluding carboxylic acids is 2. The first-order valence-corrected chi connectivity index (χ1v) is 13.3. The average molecular weight is 555 g/mol. The van der Waals surface area contributed by atoms with Crippen LogP contribution in [0.2, 0.25) is 0 Å². The fourth-order valence-corrected chi connectivity index (χ4v) is 5.29. The number of urea groups is 1. The molecular weight excluding hydrogens is 528 g/mol. The number of nitrogens with zero attached hydrogens (tertiary/aromatic N) is 3. The first-order chi connectivity index (χ1) is 18.0. The molecule has 1 saturated carbocycles. The molecule has 1 aromatic heterocycles. The Morgan fingerprint density at radius 3 is 2.32 bits per heavy atom. The van der Waals surface area contributed by atoms with E-state index in [0.717, 1.165) is 45.5 Å². The summed E-state index contributed by atoms with van der Waals surface area (Å²) >= 11 is 3.43. The lowest BCUT2D eigenvalue weighted by Gasteiger charge is -2.39. The van der Waals surface area contributed by atoms with Crippen LogP contribution in [0, 0.1) is 6.92 Å². The van der Waals surface area contributed by atoms with Crippen molar-refractivity contribution < 1.29 is 9.59 Å². The van der Waals surface area contributed by atoms with Crippen LogP contribution in [0.15, 0.2) is 95.6 Å². The van der Waals surface area contributed by atoms with Crippen LogP contribution >= 0.6 is 15.9 Å². The number of rotatable bonds is 5. The molecule has 0 radical (unpaired) electrons. The van der Waals surface area contributed by atoms with Gasteiger partial charge in [-0.25, -0.2) is 4.79 Å². The Kier molecular flexibility index (Phi) is 6.08. The Morgan fingerprint density at radius 1 is 0.919 bits per heavy atom. The van der Waals surface area contributed by atoms with Crippen molar-refractivity contribution in [2.45, 2.75) is 31.8 Å². The molecule has 6 nitrogen and oxygen atoms in total. The van der Waals surface area contributed by atoms with Gasteiger partial charge in [-0.15, -0.1) is 0 Å². The Morgan fingerprint density at radius 2 is 1.62 bits per heavy atom. The predicted octanol–water partition coefficient (Wildman–Crippen LogP) is 6.68. The van der Waals surface area contributed by atoms with Gasteiger partial charge in [0.1, 0.15) is 12.6 Å². The van der Waals surface area contributed by atoms with Gasteiger partial charge >= 0.3 is 6.03 Å². The second-order valence-corrected chi connectivity index (χ2v) is 10.6. The maximum Gasteiger partial charge on any atom is 0.322 e. The molecule has 1 aliphatic heterocycles. The first-order valence-electron chi connectivity index (χ1n) is 12.5. The molecule has 3 amide bonds. The molecule has 1 N–H and O–H groups in total. The number of hydrogen-bond acceptors (Lipinski definition) is 2. The van der Waals surface area contributed by atoms with Gasteiger partial charge in [0.15, 0.2) is 0 Å². The number of amides is 3. The third kappa shape index (κ3) is 4.55. The van der Waals surface area contributed by atoms with Gasteiger partial charge in [0.2, 0.25) is 5.91 Å². The summed E-state index contributed by atoms with van der Waals surface area (Å²) in [5.74, 6) is -0.108. The number of halogens is 1. The summed E-state index contributed by atoms with van der Waals surface area (Å²) in [6, 6.07) is 27.4. The highest BCUT2D eigenvalue weighted by Gasteiger charge is 2.40. The van der Waals surface area contributed by atoms with E-state index in [9.17, 15) is 9.59 Å². The third-order valence-corrected chi connectivity index (χ3v) is 7.56. The lowest BCUT2D eigenvalue weighted by molar-refractivity contribution is -0.119. The minimum atomic E-state index is -0.298. The van der Waals surface area contributed by atoms with Crippen molar-refractivity contribution in [1.82, 2.24) is 9.47 Å². The van der Waals surface area contributed by atoms with E-state index >= 15 is 0 Å². The summed E-state index contributed by atoms with van der Waals surface area (Å²) < 4.78 is 3.10. The molecule has 1 fully saturated rings. The maximum absolute atomic E-state index is 14.2. The Balaban J connectivity index is 1.35. The minimum absolute atomic E-state index is 0.00440. The van der Waals surface area contributed by atoms with Crippen LogP contribution in [0.1, 0.15) is 35.7 Å². The lowest BCUT2D eigenvalue weighted by atomic mass is 9.97. The first kappa shape index (κ1) is 23.6. The molecule has 0 unspecified atom stereocenters. The van der Waals surface area contributed by atoms with Crippen LogP contribution in [-0.4, -0.2) is 34.0 Å². The van der Waals surface area contributed by atoms with E-state index in [2.05, 4.69) is 63.1 Å². The van der Waals surface area contributed by atoms with Crippen molar-refractivity contribution in [2.75, 3.05) is 16.8 Å². The zero-order chi connectivity index (χ0) is 25.5. The topological polar surface area (TPSA) is 57.6 Å².